The van der Waals surface area contributed by atoms with Gasteiger partial charge in [0, 0.05) is 5.69 Å². The van der Waals surface area contributed by atoms with E-state index in [2.05, 4.69) is 53.9 Å². The molecule has 0 radical (unpaired) electrons. The number of carbonyl (C=O) groups is 1. The maximum atomic E-state index is 12.6. The zero-order valence-electron chi connectivity index (χ0n) is 19.4. The summed E-state index contributed by atoms with van der Waals surface area (Å²) < 4.78 is 17.5. The van der Waals surface area contributed by atoms with Gasteiger partial charge in [-0.3, -0.25) is 4.79 Å². The summed E-state index contributed by atoms with van der Waals surface area (Å²) in [6.45, 7) is 4.54. The van der Waals surface area contributed by atoms with Crippen molar-refractivity contribution < 1.29 is 19.0 Å². The van der Waals surface area contributed by atoms with Crippen LogP contribution in [-0.4, -0.2) is 20.1 Å². The number of methoxy groups -OCH3 is 2. The largest absolute Gasteiger partial charge is 0.497 e. The lowest BCUT2D eigenvalue weighted by molar-refractivity contribution is -0.112. The first-order valence-electron chi connectivity index (χ1n) is 10.5. The Morgan fingerprint density at radius 2 is 1.76 bits per heavy atom. The molecule has 0 heterocycles. The third kappa shape index (κ3) is 6.29. The molecule has 6 nitrogen and oxygen atoms in total. The Kier molecular flexibility index (Phi) is 8.55. The van der Waals surface area contributed by atoms with E-state index in [-0.39, 0.29) is 5.57 Å². The standard InChI is InChI=1S/C27H25IN2O4/c1-17-5-6-19(11-18(17)2)16-34-26-24(28)13-20(14-25(26)33-4)12-21(15-29)27(31)30-22-7-9-23(32-3)10-8-22/h5-14H,16H2,1-4H3,(H,30,31)/b21-12+. The van der Waals surface area contributed by atoms with Crippen molar-refractivity contribution in [3.63, 3.8) is 0 Å². The van der Waals surface area contributed by atoms with Crippen LogP contribution in [0.4, 0.5) is 5.69 Å². The lowest BCUT2D eigenvalue weighted by Crippen LogP contribution is -2.13. The van der Waals surface area contributed by atoms with Gasteiger partial charge in [-0.1, -0.05) is 18.2 Å². The number of nitrogens with one attached hydrogen (secondary N) is 1. The fraction of sp³-hybridized carbons (Fsp3) is 0.185. The lowest BCUT2D eigenvalue weighted by Gasteiger charge is -2.14. The molecule has 7 heteroatoms. The quantitative estimate of drug-likeness (QED) is 0.203. The summed E-state index contributed by atoms with van der Waals surface area (Å²) in [6.07, 6.45) is 1.52. The van der Waals surface area contributed by atoms with E-state index in [1.54, 1.807) is 44.6 Å². The molecule has 3 aromatic carbocycles. The molecule has 3 aromatic rings. The highest BCUT2D eigenvalue weighted by molar-refractivity contribution is 14.1. The van der Waals surface area contributed by atoms with E-state index in [1.807, 2.05) is 18.2 Å². The number of benzene rings is 3. The third-order valence-corrected chi connectivity index (χ3v) is 6.03. The van der Waals surface area contributed by atoms with Gasteiger partial charge in [-0.25, -0.2) is 0 Å². The van der Waals surface area contributed by atoms with Crippen molar-refractivity contribution in [3.05, 3.63) is 86.0 Å². The van der Waals surface area contributed by atoms with Crippen LogP contribution in [0.5, 0.6) is 17.2 Å². The first-order chi connectivity index (χ1) is 16.3. The molecule has 174 valence electrons. The molecule has 0 unspecified atom stereocenters. The van der Waals surface area contributed by atoms with Gasteiger partial charge >= 0.3 is 0 Å². The van der Waals surface area contributed by atoms with Crippen LogP contribution in [0.3, 0.4) is 0 Å². The fourth-order valence-corrected chi connectivity index (χ4v) is 3.98. The number of hydrogen-bond donors (Lipinski definition) is 1. The summed E-state index contributed by atoms with van der Waals surface area (Å²) in [7, 11) is 3.13. The first kappa shape index (κ1) is 25.1. The van der Waals surface area contributed by atoms with Gasteiger partial charge in [0.15, 0.2) is 11.5 Å². The number of aryl methyl sites for hydroxylation is 2. The highest BCUT2D eigenvalue weighted by Crippen LogP contribution is 2.35. The van der Waals surface area contributed by atoms with E-state index < -0.39 is 5.91 Å². The molecular formula is C27H25IN2O4. The van der Waals surface area contributed by atoms with E-state index >= 15 is 0 Å². The number of nitriles is 1. The summed E-state index contributed by atoms with van der Waals surface area (Å²) in [4.78, 5) is 12.6. The van der Waals surface area contributed by atoms with Crippen LogP contribution >= 0.6 is 22.6 Å². The van der Waals surface area contributed by atoms with E-state index in [4.69, 9.17) is 14.2 Å². The minimum absolute atomic E-state index is 0.0301. The van der Waals surface area contributed by atoms with Crippen LogP contribution in [0.25, 0.3) is 6.08 Å². The van der Waals surface area contributed by atoms with Gasteiger partial charge in [0.25, 0.3) is 5.91 Å². The van der Waals surface area contributed by atoms with Crippen molar-refractivity contribution in [3.8, 4) is 23.3 Å². The Labute approximate surface area is 213 Å². The van der Waals surface area contributed by atoms with Crippen molar-refractivity contribution in [1.29, 1.82) is 5.26 Å². The summed E-state index contributed by atoms with van der Waals surface area (Å²) >= 11 is 2.16. The minimum atomic E-state index is -0.503. The summed E-state index contributed by atoms with van der Waals surface area (Å²) in [5.74, 6) is 1.31. The summed E-state index contributed by atoms with van der Waals surface area (Å²) in [5, 5.41) is 12.3. The number of nitrogens with zero attached hydrogens (tertiary/aromatic N) is 1. The second-order valence-electron chi connectivity index (χ2n) is 7.59. The highest BCUT2D eigenvalue weighted by Gasteiger charge is 2.14. The molecule has 0 bridgehead atoms. The van der Waals surface area contributed by atoms with Crippen LogP contribution in [0, 0.1) is 28.7 Å². The molecule has 0 spiro atoms. The second-order valence-corrected chi connectivity index (χ2v) is 8.76. The van der Waals surface area contributed by atoms with Crippen LogP contribution in [0.1, 0.15) is 22.3 Å². The van der Waals surface area contributed by atoms with Crippen molar-refractivity contribution in [2.45, 2.75) is 20.5 Å². The predicted octanol–water partition coefficient (Wildman–Crippen LogP) is 6.05. The van der Waals surface area contributed by atoms with Gasteiger partial charge < -0.3 is 19.5 Å². The van der Waals surface area contributed by atoms with Crippen LogP contribution in [0.2, 0.25) is 0 Å². The van der Waals surface area contributed by atoms with E-state index in [0.717, 1.165) is 9.13 Å². The van der Waals surface area contributed by atoms with Gasteiger partial charge in [0.1, 0.15) is 24.0 Å². The number of hydrogen-bond acceptors (Lipinski definition) is 5. The zero-order valence-corrected chi connectivity index (χ0v) is 21.6. The highest BCUT2D eigenvalue weighted by atomic mass is 127. The van der Waals surface area contributed by atoms with E-state index in [9.17, 15) is 10.1 Å². The van der Waals surface area contributed by atoms with Gasteiger partial charge in [-0.2, -0.15) is 5.26 Å². The molecule has 1 amide bonds. The smallest absolute Gasteiger partial charge is 0.266 e. The predicted molar refractivity (Wildman–Crippen MR) is 141 cm³/mol. The van der Waals surface area contributed by atoms with Gasteiger partial charge in [-0.15, -0.1) is 0 Å². The normalized spacial score (nSPS) is 10.9. The van der Waals surface area contributed by atoms with Crippen LogP contribution in [-0.2, 0) is 11.4 Å². The monoisotopic (exact) mass is 568 g/mol. The van der Waals surface area contributed by atoms with Crippen LogP contribution < -0.4 is 19.5 Å². The summed E-state index contributed by atoms with van der Waals surface area (Å²) in [6, 6.07) is 18.7. The third-order valence-electron chi connectivity index (χ3n) is 5.23. The number of halogens is 1. The van der Waals surface area contributed by atoms with Crippen molar-refractivity contribution in [2.75, 3.05) is 19.5 Å². The average Bonchev–Trinajstić information content (AvgIpc) is 2.84. The second kappa shape index (κ2) is 11.6. The Balaban J connectivity index is 1.79. The molecule has 0 aliphatic rings. The van der Waals surface area contributed by atoms with Gasteiger partial charge in [-0.05, 0) is 101 Å². The Bertz CT molecular complexity index is 1260. The number of amides is 1. The first-order valence-corrected chi connectivity index (χ1v) is 11.6. The Hall–Kier alpha value is -3.51. The molecule has 0 aliphatic carbocycles. The Morgan fingerprint density at radius 3 is 2.38 bits per heavy atom. The minimum Gasteiger partial charge on any atom is -0.497 e. The summed E-state index contributed by atoms with van der Waals surface area (Å²) in [5.41, 5.74) is 4.69. The number of ether oxygens (including phenoxy) is 3. The molecule has 3 rings (SSSR count). The molecule has 0 saturated carbocycles. The molecule has 0 aromatic heterocycles. The van der Waals surface area contributed by atoms with Crippen molar-refractivity contribution >= 4 is 40.3 Å². The Morgan fingerprint density at radius 1 is 1.03 bits per heavy atom. The molecule has 0 aliphatic heterocycles. The van der Waals surface area contributed by atoms with Gasteiger partial charge in [0.2, 0.25) is 0 Å². The number of anilines is 1. The molecule has 1 N–H and O–H groups in total. The molecule has 0 saturated heterocycles. The number of rotatable bonds is 8. The average molecular weight is 568 g/mol. The SMILES string of the molecule is COc1ccc(NC(=O)/C(C#N)=C/c2cc(I)c(OCc3ccc(C)c(C)c3)c(OC)c2)cc1. The van der Waals surface area contributed by atoms with Gasteiger partial charge in [0.05, 0.1) is 17.8 Å². The van der Waals surface area contributed by atoms with Crippen LogP contribution in [0.15, 0.2) is 60.2 Å². The van der Waals surface area contributed by atoms with E-state index in [1.165, 1.54) is 17.2 Å². The lowest BCUT2D eigenvalue weighted by atomic mass is 10.1. The fourth-order valence-electron chi connectivity index (χ4n) is 3.20. The van der Waals surface area contributed by atoms with E-state index in [0.29, 0.717) is 35.1 Å². The maximum absolute atomic E-state index is 12.6. The maximum Gasteiger partial charge on any atom is 0.266 e. The molecule has 0 atom stereocenters. The van der Waals surface area contributed by atoms with Crippen molar-refractivity contribution in [2.24, 2.45) is 0 Å². The molecule has 0 fully saturated rings. The topological polar surface area (TPSA) is 80.6 Å². The van der Waals surface area contributed by atoms with Crippen molar-refractivity contribution in [1.82, 2.24) is 0 Å². The number of carbonyl (C=O) groups excluding carboxylic acids is 1. The molecular weight excluding hydrogens is 543 g/mol. The molecule has 34 heavy (non-hydrogen) atoms. The zero-order chi connectivity index (χ0) is 24.7.